The zero-order valence-corrected chi connectivity index (χ0v) is 8.13. The second-order valence-electron chi connectivity index (χ2n) is 4.22. The van der Waals surface area contributed by atoms with Crippen LogP contribution in [0.1, 0.15) is 44.9 Å². The Labute approximate surface area is 79.7 Å². The van der Waals surface area contributed by atoms with Gasteiger partial charge in [-0.15, -0.1) is 0 Å². The van der Waals surface area contributed by atoms with Crippen molar-refractivity contribution in [2.24, 2.45) is 5.92 Å². The number of hydrogen-bond donors (Lipinski definition) is 0. The lowest BCUT2D eigenvalue weighted by molar-refractivity contribution is -0.132. The van der Waals surface area contributed by atoms with Gasteiger partial charge >= 0.3 is 0 Å². The normalized spacial score (nSPS) is 36.2. The number of hydrogen-bond acceptors (Lipinski definition) is 2. The second-order valence-corrected chi connectivity index (χ2v) is 4.22. The summed E-state index contributed by atoms with van der Waals surface area (Å²) in [6.45, 7) is 0.869. The molecule has 1 saturated carbocycles. The van der Waals surface area contributed by atoms with Crippen LogP contribution in [0.25, 0.3) is 0 Å². The van der Waals surface area contributed by atoms with Gasteiger partial charge in [-0.05, 0) is 32.1 Å². The third kappa shape index (κ3) is 2.11. The maximum absolute atomic E-state index is 11.6. The van der Waals surface area contributed by atoms with E-state index in [0.29, 0.717) is 5.78 Å². The number of rotatable bonds is 1. The van der Waals surface area contributed by atoms with Gasteiger partial charge in [0.2, 0.25) is 0 Å². The predicted octanol–water partition coefficient (Wildman–Crippen LogP) is 2.31. The Hall–Kier alpha value is -0.370. The van der Waals surface area contributed by atoms with Gasteiger partial charge in [-0.3, -0.25) is 4.79 Å². The minimum Gasteiger partial charge on any atom is -0.377 e. The van der Waals surface area contributed by atoms with Crippen molar-refractivity contribution in [2.75, 3.05) is 6.61 Å². The highest BCUT2D eigenvalue weighted by molar-refractivity contribution is 5.82. The highest BCUT2D eigenvalue weighted by Crippen LogP contribution is 2.29. The van der Waals surface area contributed by atoms with Gasteiger partial charge in [-0.2, -0.15) is 0 Å². The van der Waals surface area contributed by atoms with E-state index in [0.717, 1.165) is 32.3 Å². The SMILES string of the molecule is O=C1CCCCC1C1CCCCO1. The van der Waals surface area contributed by atoms with Crippen LogP contribution in [0.2, 0.25) is 0 Å². The minimum atomic E-state index is 0.244. The molecular weight excluding hydrogens is 164 g/mol. The molecule has 2 rings (SSSR count). The number of ketones is 1. The maximum atomic E-state index is 11.6. The number of ether oxygens (including phenoxy) is 1. The summed E-state index contributed by atoms with van der Waals surface area (Å²) in [5.74, 6) is 0.701. The Bertz CT molecular complexity index is 183. The van der Waals surface area contributed by atoms with Crippen molar-refractivity contribution in [2.45, 2.75) is 51.0 Å². The van der Waals surface area contributed by atoms with E-state index in [1.807, 2.05) is 0 Å². The van der Waals surface area contributed by atoms with E-state index >= 15 is 0 Å². The van der Waals surface area contributed by atoms with Gasteiger partial charge in [-0.25, -0.2) is 0 Å². The third-order valence-electron chi connectivity index (χ3n) is 3.27. The number of carbonyl (C=O) groups excluding carboxylic acids is 1. The average molecular weight is 182 g/mol. The molecule has 1 aliphatic heterocycles. The molecule has 2 aliphatic rings. The molecule has 0 aromatic heterocycles. The highest BCUT2D eigenvalue weighted by atomic mass is 16.5. The smallest absolute Gasteiger partial charge is 0.138 e. The number of Topliss-reactive ketones (excluding diaryl/α,β-unsaturated/α-hetero) is 1. The Morgan fingerprint density at radius 2 is 1.92 bits per heavy atom. The molecule has 0 bridgehead atoms. The molecule has 2 heteroatoms. The molecule has 1 aliphatic carbocycles. The van der Waals surface area contributed by atoms with Crippen LogP contribution >= 0.6 is 0 Å². The summed E-state index contributed by atoms with van der Waals surface area (Å²) in [4.78, 5) is 11.6. The van der Waals surface area contributed by atoms with Gasteiger partial charge in [0.05, 0.1) is 6.10 Å². The molecule has 0 radical (unpaired) electrons. The maximum Gasteiger partial charge on any atom is 0.138 e. The van der Waals surface area contributed by atoms with E-state index in [9.17, 15) is 4.79 Å². The van der Waals surface area contributed by atoms with Crippen LogP contribution in [0, 0.1) is 5.92 Å². The molecule has 1 saturated heterocycles. The Morgan fingerprint density at radius 3 is 2.62 bits per heavy atom. The molecule has 2 unspecified atom stereocenters. The zero-order chi connectivity index (χ0) is 9.10. The van der Waals surface area contributed by atoms with E-state index < -0.39 is 0 Å². The first kappa shape index (κ1) is 9.20. The minimum absolute atomic E-state index is 0.244. The number of carbonyl (C=O) groups is 1. The summed E-state index contributed by atoms with van der Waals surface area (Å²) in [7, 11) is 0. The van der Waals surface area contributed by atoms with Crippen molar-refractivity contribution in [3.63, 3.8) is 0 Å². The third-order valence-corrected chi connectivity index (χ3v) is 3.27. The summed E-state index contributed by atoms with van der Waals surface area (Å²) in [6.07, 6.45) is 7.98. The molecule has 2 atom stereocenters. The Morgan fingerprint density at radius 1 is 1.08 bits per heavy atom. The Kier molecular flexibility index (Phi) is 2.99. The van der Waals surface area contributed by atoms with Crippen LogP contribution in [0.4, 0.5) is 0 Å². The zero-order valence-electron chi connectivity index (χ0n) is 8.13. The van der Waals surface area contributed by atoms with Gasteiger partial charge in [0.15, 0.2) is 0 Å². The monoisotopic (exact) mass is 182 g/mol. The lowest BCUT2D eigenvalue weighted by atomic mass is 9.82. The van der Waals surface area contributed by atoms with E-state index in [4.69, 9.17) is 4.74 Å². The van der Waals surface area contributed by atoms with Crippen molar-refractivity contribution in [1.82, 2.24) is 0 Å². The standard InChI is InChI=1S/C11H18O2/c12-10-6-2-1-5-9(10)11-7-3-4-8-13-11/h9,11H,1-8H2. The predicted molar refractivity (Wildman–Crippen MR) is 50.6 cm³/mol. The molecule has 0 spiro atoms. The van der Waals surface area contributed by atoms with Crippen LogP contribution in [-0.2, 0) is 9.53 Å². The molecule has 0 amide bonds. The van der Waals surface area contributed by atoms with Gasteiger partial charge in [0.1, 0.15) is 5.78 Å². The summed E-state index contributed by atoms with van der Waals surface area (Å²) >= 11 is 0. The molecule has 1 heterocycles. The van der Waals surface area contributed by atoms with Crippen LogP contribution in [-0.4, -0.2) is 18.5 Å². The summed E-state index contributed by atoms with van der Waals surface area (Å²) in [5.41, 5.74) is 0. The Balaban J connectivity index is 1.92. The first-order valence-corrected chi connectivity index (χ1v) is 5.52. The van der Waals surface area contributed by atoms with Gasteiger partial charge in [-0.1, -0.05) is 6.42 Å². The molecule has 74 valence electrons. The van der Waals surface area contributed by atoms with E-state index in [1.165, 1.54) is 19.3 Å². The second kappa shape index (κ2) is 4.23. The topological polar surface area (TPSA) is 26.3 Å². The molecule has 0 aromatic rings. The lowest BCUT2D eigenvalue weighted by Gasteiger charge is -2.31. The van der Waals surface area contributed by atoms with Crippen LogP contribution in [0.5, 0.6) is 0 Å². The first-order valence-electron chi connectivity index (χ1n) is 5.52. The van der Waals surface area contributed by atoms with Crippen molar-refractivity contribution < 1.29 is 9.53 Å². The quantitative estimate of drug-likeness (QED) is 0.622. The van der Waals surface area contributed by atoms with Gasteiger partial charge in [0, 0.05) is 18.9 Å². The van der Waals surface area contributed by atoms with E-state index in [1.54, 1.807) is 0 Å². The summed E-state index contributed by atoms with van der Waals surface area (Å²) < 4.78 is 5.67. The molecule has 0 aromatic carbocycles. The average Bonchev–Trinajstić information content (AvgIpc) is 2.20. The van der Waals surface area contributed by atoms with Crippen molar-refractivity contribution in [3.05, 3.63) is 0 Å². The highest BCUT2D eigenvalue weighted by Gasteiger charge is 2.31. The fraction of sp³-hybridized carbons (Fsp3) is 0.909. The molecule has 2 fully saturated rings. The summed E-state index contributed by atoms with van der Waals surface area (Å²) in [6, 6.07) is 0. The van der Waals surface area contributed by atoms with E-state index in [-0.39, 0.29) is 12.0 Å². The van der Waals surface area contributed by atoms with Crippen molar-refractivity contribution in [3.8, 4) is 0 Å². The van der Waals surface area contributed by atoms with E-state index in [2.05, 4.69) is 0 Å². The van der Waals surface area contributed by atoms with Crippen molar-refractivity contribution in [1.29, 1.82) is 0 Å². The van der Waals surface area contributed by atoms with Crippen LogP contribution < -0.4 is 0 Å². The molecular formula is C11H18O2. The molecule has 0 N–H and O–H groups in total. The van der Waals surface area contributed by atoms with Gasteiger partial charge < -0.3 is 4.74 Å². The molecule has 2 nitrogen and oxygen atoms in total. The lowest BCUT2D eigenvalue weighted by Crippen LogP contribution is -2.35. The fourth-order valence-corrected chi connectivity index (χ4v) is 2.49. The first-order chi connectivity index (χ1) is 6.38. The fourth-order valence-electron chi connectivity index (χ4n) is 2.49. The van der Waals surface area contributed by atoms with Crippen LogP contribution in [0.15, 0.2) is 0 Å². The largest absolute Gasteiger partial charge is 0.377 e. The summed E-state index contributed by atoms with van der Waals surface area (Å²) in [5, 5.41) is 0. The van der Waals surface area contributed by atoms with Gasteiger partial charge in [0.25, 0.3) is 0 Å². The van der Waals surface area contributed by atoms with Crippen LogP contribution in [0.3, 0.4) is 0 Å². The van der Waals surface area contributed by atoms with Crippen molar-refractivity contribution >= 4 is 5.78 Å². The molecule has 13 heavy (non-hydrogen) atoms.